The number of carbonyl (C=O) groups is 1. The van der Waals surface area contributed by atoms with Crippen LogP contribution in [0.1, 0.15) is 38.8 Å². The van der Waals surface area contributed by atoms with E-state index in [4.69, 9.17) is 5.11 Å². The van der Waals surface area contributed by atoms with Gasteiger partial charge >= 0.3 is 5.97 Å². The Hall–Kier alpha value is -1.35. The Balaban J connectivity index is 2.88. The Morgan fingerprint density at radius 1 is 1.11 bits per heavy atom. The van der Waals surface area contributed by atoms with Crippen LogP contribution in [0.2, 0.25) is 0 Å². The average Bonchev–Trinajstić information content (AvgIpc) is 2.29. The largest absolute Gasteiger partial charge is 0.481 e. The van der Waals surface area contributed by atoms with Crippen molar-refractivity contribution in [1.29, 1.82) is 0 Å². The van der Waals surface area contributed by atoms with Gasteiger partial charge in [-0.05, 0) is 31.4 Å². The number of aliphatic carboxylic acids is 1. The third-order valence-electron chi connectivity index (χ3n) is 3.36. The number of benzene rings is 1. The number of rotatable bonds is 5. The van der Waals surface area contributed by atoms with Crippen LogP contribution in [0.4, 0.5) is 0 Å². The molecule has 0 aliphatic rings. The van der Waals surface area contributed by atoms with Gasteiger partial charge in [0.2, 0.25) is 0 Å². The molecule has 18 heavy (non-hydrogen) atoms. The van der Waals surface area contributed by atoms with Crippen LogP contribution in [0.3, 0.4) is 0 Å². The molecule has 3 nitrogen and oxygen atoms in total. The molecular weight excluding hydrogens is 228 g/mol. The highest BCUT2D eigenvalue weighted by molar-refractivity contribution is 5.74. The minimum absolute atomic E-state index is 0.0902. The lowest BCUT2D eigenvalue weighted by molar-refractivity contribution is -0.146. The van der Waals surface area contributed by atoms with Crippen molar-refractivity contribution in [2.24, 2.45) is 5.41 Å². The minimum atomic E-state index is -0.790. The Labute approximate surface area is 108 Å². The second-order valence-corrected chi connectivity index (χ2v) is 6.10. The van der Waals surface area contributed by atoms with E-state index in [-0.39, 0.29) is 12.0 Å². The first kappa shape index (κ1) is 14.7. The van der Waals surface area contributed by atoms with E-state index in [1.807, 2.05) is 38.1 Å². The minimum Gasteiger partial charge on any atom is -0.481 e. The van der Waals surface area contributed by atoms with Crippen LogP contribution in [-0.4, -0.2) is 22.8 Å². The molecule has 0 heterocycles. The highest BCUT2D eigenvalue weighted by Crippen LogP contribution is 2.26. The van der Waals surface area contributed by atoms with Gasteiger partial charge in [0.1, 0.15) is 0 Å². The first-order valence-corrected chi connectivity index (χ1v) is 6.13. The van der Waals surface area contributed by atoms with Crippen LogP contribution in [0.25, 0.3) is 0 Å². The summed E-state index contributed by atoms with van der Waals surface area (Å²) in [5.74, 6) is -0.790. The van der Waals surface area contributed by atoms with E-state index < -0.39 is 11.4 Å². The topological polar surface area (TPSA) is 57.5 Å². The molecule has 3 heteroatoms. The van der Waals surface area contributed by atoms with Crippen molar-refractivity contribution >= 4 is 5.97 Å². The van der Waals surface area contributed by atoms with Gasteiger partial charge in [0.05, 0.1) is 12.0 Å². The van der Waals surface area contributed by atoms with Gasteiger partial charge in [0.15, 0.2) is 0 Å². The van der Waals surface area contributed by atoms with Crippen LogP contribution in [-0.2, 0) is 16.6 Å². The summed E-state index contributed by atoms with van der Waals surface area (Å²) in [6.45, 7) is 7.49. The van der Waals surface area contributed by atoms with Crippen molar-refractivity contribution in [1.82, 2.24) is 0 Å². The first-order chi connectivity index (χ1) is 8.19. The highest BCUT2D eigenvalue weighted by Gasteiger charge is 2.27. The van der Waals surface area contributed by atoms with E-state index in [1.54, 1.807) is 13.8 Å². The van der Waals surface area contributed by atoms with Gasteiger partial charge in [-0.1, -0.05) is 38.1 Å². The van der Waals surface area contributed by atoms with E-state index in [0.29, 0.717) is 6.42 Å². The first-order valence-electron chi connectivity index (χ1n) is 6.13. The summed E-state index contributed by atoms with van der Waals surface area (Å²) in [4.78, 5) is 11.1. The van der Waals surface area contributed by atoms with Gasteiger partial charge in [-0.3, -0.25) is 4.79 Å². The fourth-order valence-electron chi connectivity index (χ4n) is 1.75. The maximum atomic E-state index is 11.1. The monoisotopic (exact) mass is 250 g/mol. The number of aliphatic hydroxyl groups is 1. The number of hydrogen-bond donors (Lipinski definition) is 2. The summed E-state index contributed by atoms with van der Waals surface area (Å²) in [6.07, 6.45) is 0.502. The van der Waals surface area contributed by atoms with Crippen molar-refractivity contribution in [3.05, 3.63) is 35.4 Å². The number of aliphatic hydroxyl groups excluding tert-OH is 1. The fraction of sp³-hybridized carbons (Fsp3) is 0.533. The number of carboxylic acid groups (broad SMARTS) is 1. The molecule has 1 rings (SSSR count). The molecule has 0 saturated heterocycles. The predicted octanol–water partition coefficient (Wildman–Crippen LogP) is 2.61. The second-order valence-electron chi connectivity index (χ2n) is 6.10. The maximum Gasteiger partial charge on any atom is 0.309 e. The molecular formula is C15H22O3. The van der Waals surface area contributed by atoms with Gasteiger partial charge in [0.25, 0.3) is 0 Å². The molecule has 100 valence electrons. The summed E-state index contributed by atoms with van der Waals surface area (Å²) in [5, 5.41) is 18.4. The van der Waals surface area contributed by atoms with Gasteiger partial charge in [-0.2, -0.15) is 0 Å². The Bertz CT molecular complexity index is 416. The fourth-order valence-corrected chi connectivity index (χ4v) is 1.75. The molecule has 2 N–H and O–H groups in total. The van der Waals surface area contributed by atoms with E-state index >= 15 is 0 Å². The summed E-state index contributed by atoms with van der Waals surface area (Å²) in [7, 11) is 0. The summed E-state index contributed by atoms with van der Waals surface area (Å²) >= 11 is 0. The molecule has 0 bridgehead atoms. The Kier molecular flexibility index (Phi) is 4.17. The smallest absolute Gasteiger partial charge is 0.309 e. The van der Waals surface area contributed by atoms with Gasteiger partial charge < -0.3 is 10.2 Å². The van der Waals surface area contributed by atoms with Crippen LogP contribution in [0, 0.1) is 5.41 Å². The molecule has 0 aliphatic heterocycles. The Morgan fingerprint density at radius 2 is 1.61 bits per heavy atom. The van der Waals surface area contributed by atoms with E-state index in [9.17, 15) is 9.90 Å². The molecule has 0 fully saturated rings. The van der Waals surface area contributed by atoms with Crippen LogP contribution in [0.5, 0.6) is 0 Å². The summed E-state index contributed by atoms with van der Waals surface area (Å²) < 4.78 is 0. The van der Waals surface area contributed by atoms with Crippen molar-refractivity contribution in [2.75, 3.05) is 6.61 Å². The molecule has 0 saturated carbocycles. The zero-order valence-corrected chi connectivity index (χ0v) is 11.5. The lowest BCUT2D eigenvalue weighted by Gasteiger charge is -2.23. The third-order valence-corrected chi connectivity index (χ3v) is 3.36. The standard InChI is InChI=1S/C15H22O3/c1-14(2,13(17)18)9-11-5-7-12(8-6-11)15(3,4)10-16/h5-8,16H,9-10H2,1-4H3,(H,17,18). The van der Waals surface area contributed by atoms with Crippen LogP contribution in [0.15, 0.2) is 24.3 Å². The van der Waals surface area contributed by atoms with Crippen LogP contribution >= 0.6 is 0 Å². The summed E-state index contributed by atoms with van der Waals surface area (Å²) in [5.41, 5.74) is 1.04. The van der Waals surface area contributed by atoms with E-state index in [2.05, 4.69) is 0 Å². The van der Waals surface area contributed by atoms with E-state index in [0.717, 1.165) is 11.1 Å². The molecule has 0 aliphatic carbocycles. The quantitative estimate of drug-likeness (QED) is 0.844. The molecule has 0 amide bonds. The summed E-state index contributed by atoms with van der Waals surface area (Å²) in [6, 6.07) is 7.81. The van der Waals surface area contributed by atoms with Crippen molar-refractivity contribution in [3.63, 3.8) is 0 Å². The lowest BCUT2D eigenvalue weighted by atomic mass is 9.82. The SMILES string of the molecule is CC(C)(Cc1ccc(C(C)(C)CO)cc1)C(=O)O. The molecule has 0 aromatic heterocycles. The van der Waals surface area contributed by atoms with Gasteiger partial charge in [0, 0.05) is 5.41 Å². The van der Waals surface area contributed by atoms with Gasteiger partial charge in [-0.15, -0.1) is 0 Å². The molecule has 1 aromatic carbocycles. The third kappa shape index (κ3) is 3.33. The Morgan fingerprint density at radius 3 is 2.00 bits per heavy atom. The van der Waals surface area contributed by atoms with Crippen LogP contribution < -0.4 is 0 Å². The normalized spacial score (nSPS) is 12.5. The zero-order valence-electron chi connectivity index (χ0n) is 11.5. The van der Waals surface area contributed by atoms with Crippen molar-refractivity contribution in [2.45, 2.75) is 39.5 Å². The molecule has 0 spiro atoms. The molecule has 0 radical (unpaired) electrons. The van der Waals surface area contributed by atoms with Crippen molar-refractivity contribution in [3.8, 4) is 0 Å². The highest BCUT2D eigenvalue weighted by atomic mass is 16.4. The van der Waals surface area contributed by atoms with E-state index in [1.165, 1.54) is 0 Å². The predicted molar refractivity (Wildman–Crippen MR) is 71.7 cm³/mol. The van der Waals surface area contributed by atoms with Gasteiger partial charge in [-0.25, -0.2) is 0 Å². The molecule has 0 unspecified atom stereocenters. The average molecular weight is 250 g/mol. The van der Waals surface area contributed by atoms with Crippen molar-refractivity contribution < 1.29 is 15.0 Å². The maximum absolute atomic E-state index is 11.1. The molecule has 0 atom stereocenters. The zero-order chi connectivity index (χ0) is 14.0. The second kappa shape index (κ2) is 5.11. The molecule has 1 aromatic rings. The number of carboxylic acids is 1. The number of hydrogen-bond acceptors (Lipinski definition) is 2. The lowest BCUT2D eigenvalue weighted by Crippen LogP contribution is -2.26.